The van der Waals surface area contributed by atoms with Crippen molar-refractivity contribution in [2.24, 2.45) is 0 Å². The maximum absolute atomic E-state index is 5.09. The molecule has 0 bridgehead atoms. The number of allylic oxidation sites excluding steroid dienone is 1. The Kier molecular flexibility index (Phi) is 5.64. The molecule has 0 N–H and O–H groups in total. The van der Waals surface area contributed by atoms with E-state index < -0.39 is 0 Å². The van der Waals surface area contributed by atoms with E-state index in [0.717, 1.165) is 6.42 Å². The topological polar surface area (TPSA) is 0 Å². The van der Waals surface area contributed by atoms with E-state index in [1.54, 1.807) is 5.98 Å². The van der Waals surface area contributed by atoms with Crippen LogP contribution >= 0.6 is 0 Å². The van der Waals surface area contributed by atoms with Crippen LogP contribution in [-0.2, 0) is 0 Å². The lowest BCUT2D eigenvalue weighted by Gasteiger charge is -1.83. The molecule has 0 aromatic rings. The van der Waals surface area contributed by atoms with Gasteiger partial charge in [-0.05, 0) is 6.42 Å². The Hall–Kier alpha value is -0.195. The first-order chi connectivity index (χ1) is 3.41. The van der Waals surface area contributed by atoms with Crippen molar-refractivity contribution in [3.8, 4) is 0 Å². The van der Waals surface area contributed by atoms with Crippen molar-refractivity contribution in [1.29, 1.82) is 0 Å². The molecule has 0 spiro atoms. The van der Waals surface area contributed by atoms with Crippen LogP contribution in [0.3, 0.4) is 0 Å². The minimum Gasteiger partial charge on any atom is -0.135 e. The van der Waals surface area contributed by atoms with Crippen molar-refractivity contribution >= 4 is 7.85 Å². The number of rotatable bonds is 3. The highest BCUT2D eigenvalue weighted by atomic mass is 13.8. The molecule has 0 rings (SSSR count). The molecule has 0 heterocycles. The molecule has 0 saturated carbocycles. The van der Waals surface area contributed by atoms with Gasteiger partial charge < -0.3 is 0 Å². The van der Waals surface area contributed by atoms with Gasteiger partial charge in [0.2, 0.25) is 0 Å². The van der Waals surface area contributed by atoms with Crippen LogP contribution in [0.1, 0.15) is 26.2 Å². The second-order valence-electron chi connectivity index (χ2n) is 1.57. The van der Waals surface area contributed by atoms with Gasteiger partial charge in [0.05, 0.1) is 0 Å². The molecule has 0 nitrogen and oxygen atoms in total. The first-order valence-electron chi connectivity index (χ1n) is 2.78. The Morgan fingerprint density at radius 2 is 2.29 bits per heavy atom. The van der Waals surface area contributed by atoms with E-state index in [1.165, 1.54) is 12.8 Å². The molecule has 1 heteroatoms. The third-order valence-electron chi connectivity index (χ3n) is 0.860. The number of hydrogen-bond acceptors (Lipinski definition) is 0. The molecule has 0 unspecified atom stereocenters. The maximum atomic E-state index is 5.09. The van der Waals surface area contributed by atoms with Gasteiger partial charge in [-0.2, -0.15) is 0 Å². The molecule has 0 amide bonds. The molecular formula is C6H11B. The summed E-state index contributed by atoms with van der Waals surface area (Å²) < 4.78 is 0. The quantitative estimate of drug-likeness (QED) is 0.369. The van der Waals surface area contributed by atoms with Gasteiger partial charge in [-0.25, -0.2) is 0 Å². The Bertz CT molecular complexity index is 48.1. The van der Waals surface area contributed by atoms with Crippen LogP contribution in [0.15, 0.2) is 12.1 Å². The van der Waals surface area contributed by atoms with E-state index in [0.29, 0.717) is 0 Å². The zero-order valence-electron chi connectivity index (χ0n) is 4.85. The SMILES string of the molecule is [B]/C=C/CCCC. The summed E-state index contributed by atoms with van der Waals surface area (Å²) in [4.78, 5) is 0. The second kappa shape index (κ2) is 5.80. The minimum absolute atomic E-state index is 1.13. The number of unbranched alkanes of at least 4 members (excludes halogenated alkanes) is 2. The first-order valence-corrected chi connectivity index (χ1v) is 2.78. The third-order valence-corrected chi connectivity index (χ3v) is 0.860. The summed E-state index contributed by atoms with van der Waals surface area (Å²) in [7, 11) is 5.09. The van der Waals surface area contributed by atoms with Gasteiger partial charge in [0.25, 0.3) is 0 Å². The van der Waals surface area contributed by atoms with Gasteiger partial charge in [0, 0.05) is 0 Å². The number of hydrogen-bond donors (Lipinski definition) is 0. The summed E-state index contributed by atoms with van der Waals surface area (Å²) in [5, 5.41) is 0. The summed E-state index contributed by atoms with van der Waals surface area (Å²) >= 11 is 0. The van der Waals surface area contributed by atoms with Crippen molar-refractivity contribution in [3.63, 3.8) is 0 Å². The highest BCUT2D eigenvalue weighted by Gasteiger charge is 1.72. The summed E-state index contributed by atoms with van der Waals surface area (Å²) in [6, 6.07) is 0. The van der Waals surface area contributed by atoms with Gasteiger partial charge in [0.1, 0.15) is 7.85 Å². The largest absolute Gasteiger partial charge is 0.135 e. The Labute approximate surface area is 47.0 Å². The van der Waals surface area contributed by atoms with Crippen molar-refractivity contribution in [2.75, 3.05) is 0 Å². The van der Waals surface area contributed by atoms with Crippen molar-refractivity contribution in [3.05, 3.63) is 12.1 Å². The average Bonchev–Trinajstić information content (AvgIpc) is 1.69. The zero-order chi connectivity index (χ0) is 5.54. The Morgan fingerprint density at radius 3 is 2.71 bits per heavy atom. The molecule has 7 heavy (non-hydrogen) atoms. The van der Waals surface area contributed by atoms with Crippen LogP contribution < -0.4 is 0 Å². The van der Waals surface area contributed by atoms with Crippen molar-refractivity contribution in [2.45, 2.75) is 26.2 Å². The van der Waals surface area contributed by atoms with E-state index in [4.69, 9.17) is 7.85 Å². The predicted octanol–water partition coefficient (Wildman–Crippen LogP) is 1.86. The molecule has 38 valence electrons. The first kappa shape index (κ1) is 6.80. The molecular weight excluding hydrogens is 82.9 g/mol. The fourth-order valence-electron chi connectivity index (χ4n) is 0.418. The molecule has 0 aliphatic rings. The van der Waals surface area contributed by atoms with Crippen molar-refractivity contribution in [1.82, 2.24) is 0 Å². The maximum Gasteiger partial charge on any atom is 0.102 e. The molecule has 0 fully saturated rings. The van der Waals surface area contributed by atoms with Crippen LogP contribution in [0.5, 0.6) is 0 Å². The zero-order valence-corrected chi connectivity index (χ0v) is 4.85. The van der Waals surface area contributed by atoms with E-state index in [9.17, 15) is 0 Å². The minimum atomic E-state index is 1.13. The standard InChI is InChI=1S/C6H11B/c1-2-3-4-5-6-7/h5-6H,2-4H2,1H3/b6-5+. The van der Waals surface area contributed by atoms with Gasteiger partial charge in [-0.15, -0.1) is 5.98 Å². The molecule has 0 atom stereocenters. The third kappa shape index (κ3) is 5.80. The van der Waals surface area contributed by atoms with Gasteiger partial charge in [-0.3, -0.25) is 0 Å². The normalized spacial score (nSPS) is 10.4. The van der Waals surface area contributed by atoms with Gasteiger partial charge in [0.15, 0.2) is 0 Å². The van der Waals surface area contributed by atoms with Crippen LogP contribution in [0.25, 0.3) is 0 Å². The lowest BCUT2D eigenvalue weighted by Crippen LogP contribution is -1.64. The molecule has 0 aromatic heterocycles. The summed E-state index contributed by atoms with van der Waals surface area (Å²) in [5.41, 5.74) is 0. The molecule has 0 saturated heterocycles. The lowest BCUT2D eigenvalue weighted by molar-refractivity contribution is 0.815. The van der Waals surface area contributed by atoms with E-state index in [1.807, 2.05) is 6.08 Å². The molecule has 0 aliphatic carbocycles. The monoisotopic (exact) mass is 94.1 g/mol. The van der Waals surface area contributed by atoms with Crippen LogP contribution in [0.2, 0.25) is 0 Å². The fourth-order valence-corrected chi connectivity index (χ4v) is 0.418. The summed E-state index contributed by atoms with van der Waals surface area (Å²) in [6.07, 6.45) is 5.63. The van der Waals surface area contributed by atoms with Crippen LogP contribution in [0.4, 0.5) is 0 Å². The Balaban J connectivity index is 2.69. The highest BCUT2D eigenvalue weighted by molar-refractivity contribution is 6.16. The second-order valence-corrected chi connectivity index (χ2v) is 1.57. The van der Waals surface area contributed by atoms with Gasteiger partial charge in [-0.1, -0.05) is 25.8 Å². The predicted molar refractivity (Wildman–Crippen MR) is 34.4 cm³/mol. The van der Waals surface area contributed by atoms with Crippen LogP contribution in [-0.4, -0.2) is 7.85 Å². The average molecular weight is 94.0 g/mol. The van der Waals surface area contributed by atoms with Gasteiger partial charge >= 0.3 is 0 Å². The van der Waals surface area contributed by atoms with Crippen LogP contribution in [0, 0.1) is 0 Å². The summed E-state index contributed by atoms with van der Waals surface area (Å²) in [6.45, 7) is 2.17. The van der Waals surface area contributed by atoms with E-state index >= 15 is 0 Å². The molecule has 2 radical (unpaired) electrons. The fraction of sp³-hybridized carbons (Fsp3) is 0.667. The Morgan fingerprint density at radius 1 is 1.57 bits per heavy atom. The van der Waals surface area contributed by atoms with Crippen molar-refractivity contribution < 1.29 is 0 Å². The highest BCUT2D eigenvalue weighted by Crippen LogP contribution is 1.92. The van der Waals surface area contributed by atoms with E-state index in [-0.39, 0.29) is 0 Å². The lowest BCUT2D eigenvalue weighted by atomic mass is 10.1. The smallest absolute Gasteiger partial charge is 0.102 e. The van der Waals surface area contributed by atoms with E-state index in [2.05, 4.69) is 6.92 Å². The summed E-state index contributed by atoms with van der Waals surface area (Å²) in [5.74, 6) is 1.61. The molecule has 0 aliphatic heterocycles. The molecule has 0 aromatic carbocycles.